The predicted octanol–water partition coefficient (Wildman–Crippen LogP) is 4.42. The van der Waals surface area contributed by atoms with Crippen LogP contribution in [-0.4, -0.2) is 42.3 Å². The van der Waals surface area contributed by atoms with E-state index in [4.69, 9.17) is 4.74 Å². The maximum Gasteiger partial charge on any atom is 0.252 e. The van der Waals surface area contributed by atoms with Gasteiger partial charge in [-0.15, -0.1) is 0 Å². The van der Waals surface area contributed by atoms with Crippen LogP contribution in [0.1, 0.15) is 16.7 Å². The van der Waals surface area contributed by atoms with Crippen LogP contribution in [0.25, 0.3) is 0 Å². The molecule has 35 heavy (non-hydrogen) atoms. The van der Waals surface area contributed by atoms with Gasteiger partial charge in [-0.3, -0.25) is 4.79 Å². The number of fused-ring (bicyclic) bond motifs is 1. The average Bonchev–Trinajstić information content (AvgIpc) is 3.30. The van der Waals surface area contributed by atoms with E-state index in [0.29, 0.717) is 17.5 Å². The Labute approximate surface area is 209 Å². The van der Waals surface area contributed by atoms with Crippen molar-refractivity contribution in [1.82, 2.24) is 0 Å². The van der Waals surface area contributed by atoms with E-state index in [9.17, 15) is 13.2 Å². The Bertz CT molecular complexity index is 1340. The second-order valence-electron chi connectivity index (χ2n) is 8.89. The molecular weight excluding hydrogens is 480 g/mol. The van der Waals surface area contributed by atoms with Crippen molar-refractivity contribution in [3.63, 3.8) is 0 Å². The maximum atomic E-state index is 12.8. The number of benzene rings is 3. The minimum absolute atomic E-state index is 0.0576. The lowest BCUT2D eigenvalue weighted by molar-refractivity contribution is -0.117. The minimum atomic E-state index is -3.13. The van der Waals surface area contributed by atoms with Crippen LogP contribution in [0.4, 0.5) is 5.69 Å². The Morgan fingerprint density at radius 2 is 1.69 bits per heavy atom. The second kappa shape index (κ2) is 9.87. The lowest BCUT2D eigenvalue weighted by atomic mass is 10.1. The number of thioether (sulfide) groups is 1. The third-order valence-electron chi connectivity index (χ3n) is 6.13. The molecule has 5 rings (SSSR count). The van der Waals surface area contributed by atoms with Crippen molar-refractivity contribution in [2.45, 2.75) is 31.2 Å². The molecule has 0 radical (unpaired) electrons. The highest BCUT2D eigenvalue weighted by molar-refractivity contribution is 8.16. The number of hydrogen-bond donors (Lipinski definition) is 0. The van der Waals surface area contributed by atoms with Gasteiger partial charge in [0, 0.05) is 10.9 Å². The van der Waals surface area contributed by atoms with Crippen LogP contribution >= 0.6 is 11.8 Å². The van der Waals surface area contributed by atoms with E-state index < -0.39 is 9.84 Å². The molecule has 2 aliphatic heterocycles. The third kappa shape index (κ3) is 5.60. The summed E-state index contributed by atoms with van der Waals surface area (Å²) in [7, 11) is -3.13. The van der Waals surface area contributed by atoms with Gasteiger partial charge in [-0.2, -0.15) is 4.99 Å². The first-order chi connectivity index (χ1) is 16.9. The zero-order valence-corrected chi connectivity index (χ0v) is 21.0. The molecule has 2 saturated heterocycles. The summed E-state index contributed by atoms with van der Waals surface area (Å²) in [6, 6.07) is 25.0. The molecule has 2 heterocycles. The van der Waals surface area contributed by atoms with Crippen molar-refractivity contribution >= 4 is 38.4 Å². The number of nitrogens with zero attached hydrogens (tertiary/aromatic N) is 2. The number of rotatable bonds is 6. The Balaban J connectivity index is 1.35. The van der Waals surface area contributed by atoms with E-state index in [1.807, 2.05) is 90.7 Å². The number of amides is 1. The highest BCUT2D eigenvalue weighted by atomic mass is 32.2. The van der Waals surface area contributed by atoms with Crippen molar-refractivity contribution in [2.75, 3.05) is 16.4 Å². The Kier molecular flexibility index (Phi) is 6.67. The molecule has 0 spiro atoms. The van der Waals surface area contributed by atoms with Crippen LogP contribution in [0.3, 0.4) is 0 Å². The second-order valence-corrected chi connectivity index (χ2v) is 12.2. The number of hydrogen-bond acceptors (Lipinski definition) is 5. The number of aliphatic imine (C=N–C) groups is 1. The maximum absolute atomic E-state index is 12.8. The predicted molar refractivity (Wildman–Crippen MR) is 141 cm³/mol. The molecule has 0 aliphatic carbocycles. The monoisotopic (exact) mass is 506 g/mol. The van der Waals surface area contributed by atoms with Crippen LogP contribution in [-0.2, 0) is 27.7 Å². The number of ether oxygens (including phenoxy) is 1. The van der Waals surface area contributed by atoms with Gasteiger partial charge < -0.3 is 9.64 Å². The zero-order valence-electron chi connectivity index (χ0n) is 19.3. The molecule has 0 unspecified atom stereocenters. The number of aryl methyl sites for hydroxylation is 1. The molecule has 3 aromatic rings. The van der Waals surface area contributed by atoms with Crippen LogP contribution in [0.2, 0.25) is 0 Å². The number of carbonyl (C=O) groups excluding carboxylic acids is 1. The number of amidine groups is 1. The normalized spacial score (nSPS) is 21.7. The van der Waals surface area contributed by atoms with Gasteiger partial charge in [-0.25, -0.2) is 8.42 Å². The standard InChI is InChI=1S/C27H26N2O4S2/c1-19-7-9-20(10-8-19)15-26(30)28-27-29(24-17-35(31,32)18-25(24)34-27)22-11-13-23(14-12-22)33-16-21-5-3-2-4-6-21/h2-14,24-25H,15-18H2,1H3/t24-,25+/m1/s1. The Hall–Kier alpha value is -3.10. The molecule has 2 fully saturated rings. The highest BCUT2D eigenvalue weighted by Gasteiger charge is 2.49. The third-order valence-corrected chi connectivity index (χ3v) is 9.34. The van der Waals surface area contributed by atoms with Gasteiger partial charge in [0.25, 0.3) is 5.91 Å². The highest BCUT2D eigenvalue weighted by Crippen LogP contribution is 2.41. The molecular formula is C27H26N2O4S2. The van der Waals surface area contributed by atoms with Gasteiger partial charge in [0.1, 0.15) is 12.4 Å². The molecule has 3 aromatic carbocycles. The van der Waals surface area contributed by atoms with Gasteiger partial charge in [0.15, 0.2) is 15.0 Å². The molecule has 6 nitrogen and oxygen atoms in total. The van der Waals surface area contributed by atoms with E-state index in [0.717, 1.165) is 22.4 Å². The molecule has 8 heteroatoms. The van der Waals surface area contributed by atoms with Crippen LogP contribution in [0, 0.1) is 6.92 Å². The Morgan fingerprint density at radius 3 is 2.40 bits per heavy atom. The lowest BCUT2D eigenvalue weighted by Crippen LogP contribution is -2.37. The van der Waals surface area contributed by atoms with E-state index in [2.05, 4.69) is 4.99 Å². The quantitative estimate of drug-likeness (QED) is 0.493. The van der Waals surface area contributed by atoms with Gasteiger partial charge in [0.2, 0.25) is 0 Å². The molecule has 0 saturated carbocycles. The zero-order chi connectivity index (χ0) is 24.4. The van der Waals surface area contributed by atoms with E-state index in [1.165, 1.54) is 11.8 Å². The molecule has 1 amide bonds. The van der Waals surface area contributed by atoms with Crippen molar-refractivity contribution in [3.8, 4) is 5.75 Å². The van der Waals surface area contributed by atoms with Crippen LogP contribution < -0.4 is 9.64 Å². The summed E-state index contributed by atoms with van der Waals surface area (Å²) in [6.07, 6.45) is 0.206. The molecule has 0 aromatic heterocycles. The summed E-state index contributed by atoms with van der Waals surface area (Å²) in [5.41, 5.74) is 3.92. The van der Waals surface area contributed by atoms with Gasteiger partial charge in [-0.05, 0) is 42.3 Å². The fourth-order valence-electron chi connectivity index (χ4n) is 4.34. The largest absolute Gasteiger partial charge is 0.489 e. The minimum Gasteiger partial charge on any atom is -0.489 e. The Morgan fingerprint density at radius 1 is 0.971 bits per heavy atom. The van der Waals surface area contributed by atoms with Crippen LogP contribution in [0.5, 0.6) is 5.75 Å². The van der Waals surface area contributed by atoms with E-state index >= 15 is 0 Å². The van der Waals surface area contributed by atoms with Gasteiger partial charge >= 0.3 is 0 Å². The summed E-state index contributed by atoms with van der Waals surface area (Å²) in [4.78, 5) is 19.1. The summed E-state index contributed by atoms with van der Waals surface area (Å²) in [5, 5.41) is 0.421. The molecule has 180 valence electrons. The van der Waals surface area contributed by atoms with E-state index in [1.54, 1.807) is 0 Å². The SMILES string of the molecule is Cc1ccc(CC(=O)N=C2S[C@H]3CS(=O)(=O)C[C@H]3N2c2ccc(OCc3ccccc3)cc2)cc1. The first kappa shape index (κ1) is 23.6. The summed E-state index contributed by atoms with van der Waals surface area (Å²) in [6.45, 7) is 2.46. The molecule has 0 bridgehead atoms. The topological polar surface area (TPSA) is 76.0 Å². The number of sulfone groups is 1. The van der Waals surface area contributed by atoms with Crippen molar-refractivity contribution in [3.05, 3.63) is 95.6 Å². The average molecular weight is 507 g/mol. The van der Waals surface area contributed by atoms with Gasteiger partial charge in [-0.1, -0.05) is 71.9 Å². The van der Waals surface area contributed by atoms with Crippen molar-refractivity contribution in [1.29, 1.82) is 0 Å². The first-order valence-corrected chi connectivity index (χ1v) is 14.2. The summed E-state index contributed by atoms with van der Waals surface area (Å²) >= 11 is 1.38. The van der Waals surface area contributed by atoms with E-state index in [-0.39, 0.29) is 35.1 Å². The van der Waals surface area contributed by atoms with Crippen LogP contribution in [0.15, 0.2) is 83.9 Å². The number of anilines is 1. The lowest BCUT2D eigenvalue weighted by Gasteiger charge is -2.24. The van der Waals surface area contributed by atoms with Crippen molar-refractivity contribution in [2.24, 2.45) is 4.99 Å². The fraction of sp³-hybridized carbons (Fsp3) is 0.259. The number of carbonyl (C=O) groups is 1. The molecule has 2 aliphatic rings. The van der Waals surface area contributed by atoms with Crippen molar-refractivity contribution < 1.29 is 17.9 Å². The van der Waals surface area contributed by atoms with Gasteiger partial charge in [0.05, 0.1) is 24.0 Å². The summed E-state index contributed by atoms with van der Waals surface area (Å²) < 4.78 is 30.5. The first-order valence-electron chi connectivity index (χ1n) is 11.5. The molecule has 0 N–H and O–H groups in total. The fourth-order valence-corrected chi connectivity index (χ4v) is 8.27. The molecule has 2 atom stereocenters. The smallest absolute Gasteiger partial charge is 0.252 e. The summed E-state index contributed by atoms with van der Waals surface area (Å²) in [5.74, 6) is 0.630.